The highest BCUT2D eigenvalue weighted by Crippen LogP contribution is 2.25. The molecule has 1 heterocycles. The normalized spacial score (nSPS) is 17.7. The van der Waals surface area contributed by atoms with Crippen LogP contribution in [0, 0.1) is 5.92 Å². The number of nitrogen functional groups attached to an aromatic ring is 1. The highest BCUT2D eigenvalue weighted by Gasteiger charge is 2.17. The summed E-state index contributed by atoms with van der Waals surface area (Å²) in [6, 6.07) is 0. The van der Waals surface area contributed by atoms with E-state index in [-0.39, 0.29) is 0 Å². The van der Waals surface area contributed by atoms with Gasteiger partial charge >= 0.3 is 0 Å². The van der Waals surface area contributed by atoms with Crippen molar-refractivity contribution in [1.29, 1.82) is 0 Å². The predicted octanol–water partition coefficient (Wildman–Crippen LogP) is 1.74. The van der Waals surface area contributed by atoms with Gasteiger partial charge in [-0.1, -0.05) is 17.3 Å². The molecule has 0 saturated heterocycles. The predicted molar refractivity (Wildman–Crippen MR) is 62.6 cm³/mol. The van der Waals surface area contributed by atoms with Crippen molar-refractivity contribution in [3.63, 3.8) is 0 Å². The first-order valence-electron chi connectivity index (χ1n) is 5.51. The van der Waals surface area contributed by atoms with E-state index in [1.54, 1.807) is 0 Å². The van der Waals surface area contributed by atoms with E-state index < -0.39 is 0 Å². The Balaban J connectivity index is 1.81. The van der Waals surface area contributed by atoms with Gasteiger partial charge in [0.1, 0.15) is 10.7 Å². The Labute approximate surface area is 94.6 Å². The van der Waals surface area contributed by atoms with E-state index in [4.69, 9.17) is 5.73 Å². The summed E-state index contributed by atoms with van der Waals surface area (Å²) in [6.07, 6.45) is 5.57. The second-order valence-corrected chi connectivity index (χ2v) is 5.22. The first-order valence-corrected chi connectivity index (χ1v) is 6.28. The molecule has 4 nitrogen and oxygen atoms in total. The van der Waals surface area contributed by atoms with Crippen LogP contribution >= 0.6 is 11.5 Å². The molecule has 15 heavy (non-hydrogen) atoms. The highest BCUT2D eigenvalue weighted by atomic mass is 32.1. The first-order chi connectivity index (χ1) is 7.25. The van der Waals surface area contributed by atoms with Gasteiger partial charge in [0, 0.05) is 24.6 Å². The number of anilines is 1. The van der Waals surface area contributed by atoms with Crippen molar-refractivity contribution in [3.8, 4) is 0 Å². The summed E-state index contributed by atoms with van der Waals surface area (Å²) in [5, 5.41) is 4.79. The lowest BCUT2D eigenvalue weighted by molar-refractivity contribution is 0.269. The smallest absolute Gasteiger partial charge is 0.132 e. The van der Waals surface area contributed by atoms with E-state index in [0.717, 1.165) is 29.7 Å². The minimum Gasteiger partial charge on any atom is -0.388 e. The monoisotopic (exact) mass is 226 g/mol. The van der Waals surface area contributed by atoms with Crippen LogP contribution in [0.5, 0.6) is 0 Å². The Morgan fingerprint density at radius 3 is 2.80 bits per heavy atom. The molecule has 2 N–H and O–H groups in total. The van der Waals surface area contributed by atoms with Gasteiger partial charge in [0.15, 0.2) is 0 Å². The SMILES string of the molecule is CN(Cc1nnsc1N)CC1CCCC1. The fraction of sp³-hybridized carbons (Fsp3) is 0.800. The lowest BCUT2D eigenvalue weighted by Gasteiger charge is -2.19. The molecule has 0 bridgehead atoms. The molecule has 1 aromatic rings. The van der Waals surface area contributed by atoms with Crippen LogP contribution in [-0.2, 0) is 6.54 Å². The third kappa shape index (κ3) is 2.89. The van der Waals surface area contributed by atoms with Crippen LogP contribution < -0.4 is 5.73 Å². The number of hydrogen-bond acceptors (Lipinski definition) is 5. The molecule has 2 rings (SSSR count). The van der Waals surface area contributed by atoms with Crippen LogP contribution in [-0.4, -0.2) is 28.1 Å². The van der Waals surface area contributed by atoms with Crippen LogP contribution in [0.15, 0.2) is 0 Å². The lowest BCUT2D eigenvalue weighted by atomic mass is 10.1. The van der Waals surface area contributed by atoms with E-state index in [1.165, 1.54) is 37.2 Å². The van der Waals surface area contributed by atoms with E-state index >= 15 is 0 Å². The summed E-state index contributed by atoms with van der Waals surface area (Å²) in [6.45, 7) is 2.00. The Bertz CT molecular complexity index is 306. The molecule has 0 amide bonds. The van der Waals surface area contributed by atoms with Gasteiger partial charge in [-0.05, 0) is 25.8 Å². The maximum atomic E-state index is 5.76. The molecular formula is C10H18N4S. The van der Waals surface area contributed by atoms with Gasteiger partial charge in [-0.3, -0.25) is 0 Å². The summed E-state index contributed by atoms with van der Waals surface area (Å²) in [7, 11) is 2.14. The second kappa shape index (κ2) is 4.90. The Morgan fingerprint density at radius 2 is 2.20 bits per heavy atom. The van der Waals surface area contributed by atoms with Crippen molar-refractivity contribution >= 4 is 16.5 Å². The molecule has 1 saturated carbocycles. The minimum atomic E-state index is 0.758. The summed E-state index contributed by atoms with van der Waals surface area (Å²) in [4.78, 5) is 2.31. The average Bonchev–Trinajstić information content (AvgIpc) is 2.79. The fourth-order valence-corrected chi connectivity index (χ4v) is 2.72. The van der Waals surface area contributed by atoms with Gasteiger partial charge in [0.05, 0.1) is 0 Å². The van der Waals surface area contributed by atoms with E-state index in [2.05, 4.69) is 21.5 Å². The molecule has 0 radical (unpaired) electrons. The molecule has 1 aliphatic carbocycles. The number of nitrogens with two attached hydrogens (primary N) is 1. The molecule has 1 aromatic heterocycles. The van der Waals surface area contributed by atoms with Gasteiger partial charge < -0.3 is 10.6 Å². The van der Waals surface area contributed by atoms with E-state index in [1.807, 2.05) is 0 Å². The Hall–Kier alpha value is -0.680. The quantitative estimate of drug-likeness (QED) is 0.849. The van der Waals surface area contributed by atoms with Gasteiger partial charge in [-0.2, -0.15) is 0 Å². The van der Waals surface area contributed by atoms with Gasteiger partial charge in [-0.25, -0.2) is 0 Å². The number of nitrogens with zero attached hydrogens (tertiary/aromatic N) is 3. The topological polar surface area (TPSA) is 55.0 Å². The third-order valence-corrected chi connectivity index (χ3v) is 3.65. The molecule has 0 unspecified atom stereocenters. The standard InChI is InChI=1S/C10H18N4S/c1-14(6-8-4-2-3-5-8)7-9-10(11)15-13-12-9/h8H,2-7,11H2,1H3. The Kier molecular flexibility index (Phi) is 3.53. The molecule has 5 heteroatoms. The molecule has 1 fully saturated rings. The number of hydrogen-bond donors (Lipinski definition) is 1. The largest absolute Gasteiger partial charge is 0.388 e. The zero-order valence-corrected chi connectivity index (χ0v) is 9.96. The average molecular weight is 226 g/mol. The van der Waals surface area contributed by atoms with Crippen LogP contribution in [0.25, 0.3) is 0 Å². The highest BCUT2D eigenvalue weighted by molar-refractivity contribution is 7.09. The zero-order valence-electron chi connectivity index (χ0n) is 9.15. The lowest BCUT2D eigenvalue weighted by Crippen LogP contribution is -2.24. The minimum absolute atomic E-state index is 0.758. The summed E-state index contributed by atoms with van der Waals surface area (Å²) in [5.41, 5.74) is 6.69. The summed E-state index contributed by atoms with van der Waals surface area (Å²) >= 11 is 1.28. The van der Waals surface area contributed by atoms with Crippen molar-refractivity contribution in [2.24, 2.45) is 5.92 Å². The fourth-order valence-electron chi connectivity index (χ4n) is 2.28. The zero-order chi connectivity index (χ0) is 10.7. The summed E-state index contributed by atoms with van der Waals surface area (Å²) < 4.78 is 3.85. The maximum absolute atomic E-state index is 5.76. The summed E-state index contributed by atoms with van der Waals surface area (Å²) in [5.74, 6) is 0.878. The second-order valence-electron chi connectivity index (χ2n) is 4.43. The van der Waals surface area contributed by atoms with Gasteiger partial charge in [0.25, 0.3) is 0 Å². The van der Waals surface area contributed by atoms with Crippen molar-refractivity contribution < 1.29 is 0 Å². The van der Waals surface area contributed by atoms with E-state index in [9.17, 15) is 0 Å². The van der Waals surface area contributed by atoms with Crippen molar-refractivity contribution in [2.75, 3.05) is 19.3 Å². The molecule has 0 spiro atoms. The molecule has 84 valence electrons. The maximum Gasteiger partial charge on any atom is 0.132 e. The molecule has 0 aromatic carbocycles. The van der Waals surface area contributed by atoms with Gasteiger partial charge in [0.2, 0.25) is 0 Å². The molecule has 0 atom stereocenters. The van der Waals surface area contributed by atoms with Crippen molar-refractivity contribution in [2.45, 2.75) is 32.2 Å². The third-order valence-electron chi connectivity index (χ3n) is 3.05. The number of rotatable bonds is 4. The van der Waals surface area contributed by atoms with Crippen molar-refractivity contribution in [3.05, 3.63) is 5.69 Å². The van der Waals surface area contributed by atoms with Crippen LogP contribution in [0.4, 0.5) is 5.00 Å². The van der Waals surface area contributed by atoms with Crippen LogP contribution in [0.3, 0.4) is 0 Å². The first kappa shape index (κ1) is 10.8. The number of aromatic nitrogens is 2. The van der Waals surface area contributed by atoms with Crippen LogP contribution in [0.1, 0.15) is 31.4 Å². The molecule has 0 aliphatic heterocycles. The van der Waals surface area contributed by atoms with Crippen LogP contribution in [0.2, 0.25) is 0 Å². The Morgan fingerprint density at radius 1 is 1.47 bits per heavy atom. The molecular weight excluding hydrogens is 208 g/mol. The van der Waals surface area contributed by atoms with Gasteiger partial charge in [-0.15, -0.1) is 5.10 Å². The van der Waals surface area contributed by atoms with Crippen molar-refractivity contribution in [1.82, 2.24) is 14.5 Å². The molecule has 1 aliphatic rings. The van der Waals surface area contributed by atoms with E-state index in [0.29, 0.717) is 0 Å².